The van der Waals surface area contributed by atoms with E-state index in [1.807, 2.05) is 39.9 Å². The fraction of sp³-hybridized carbons (Fsp3) is 0.300. The Morgan fingerprint density at radius 3 is 2.46 bits per heavy atom. The number of imidazole rings is 1. The molecule has 6 heteroatoms. The van der Waals surface area contributed by atoms with Crippen LogP contribution in [0.5, 0.6) is 0 Å². The fourth-order valence-electron chi connectivity index (χ4n) is 3.28. The molecular formula is C20H22N4OS. The molecule has 3 aromatic rings. The summed E-state index contributed by atoms with van der Waals surface area (Å²) in [5.41, 5.74) is 3.30. The molecule has 0 aliphatic carbocycles. The van der Waals surface area contributed by atoms with Gasteiger partial charge in [-0.15, -0.1) is 0 Å². The normalized spacial score (nSPS) is 15.3. The topological polar surface area (TPSA) is 41.4 Å². The van der Waals surface area contributed by atoms with Gasteiger partial charge in [0, 0.05) is 57.2 Å². The molecule has 1 aromatic carbocycles. The van der Waals surface area contributed by atoms with E-state index in [0.29, 0.717) is 0 Å². The minimum Gasteiger partial charge on any atom is -0.336 e. The summed E-state index contributed by atoms with van der Waals surface area (Å²) in [6, 6.07) is 10.1. The molecule has 3 heterocycles. The molecule has 0 bridgehead atoms. The number of piperazine rings is 1. The van der Waals surface area contributed by atoms with Gasteiger partial charge in [-0.1, -0.05) is 12.1 Å². The molecule has 0 N–H and O–H groups in total. The first-order chi connectivity index (χ1) is 12.8. The van der Waals surface area contributed by atoms with E-state index in [-0.39, 0.29) is 5.91 Å². The summed E-state index contributed by atoms with van der Waals surface area (Å²) >= 11 is 1.74. The Labute approximate surface area is 157 Å². The van der Waals surface area contributed by atoms with Crippen molar-refractivity contribution in [2.45, 2.75) is 13.1 Å². The van der Waals surface area contributed by atoms with Gasteiger partial charge in [0.1, 0.15) is 0 Å². The van der Waals surface area contributed by atoms with E-state index < -0.39 is 0 Å². The van der Waals surface area contributed by atoms with Crippen molar-refractivity contribution in [2.75, 3.05) is 26.2 Å². The molecular weight excluding hydrogens is 344 g/mol. The molecule has 0 saturated carbocycles. The molecule has 2 aromatic heterocycles. The van der Waals surface area contributed by atoms with Crippen LogP contribution in [0.25, 0.3) is 0 Å². The minimum atomic E-state index is 0.134. The molecule has 26 heavy (non-hydrogen) atoms. The summed E-state index contributed by atoms with van der Waals surface area (Å²) in [5.74, 6) is 0.134. The minimum absolute atomic E-state index is 0.134. The van der Waals surface area contributed by atoms with Crippen LogP contribution in [0.1, 0.15) is 21.5 Å². The van der Waals surface area contributed by atoms with E-state index in [9.17, 15) is 4.79 Å². The van der Waals surface area contributed by atoms with Crippen LogP contribution in [0.3, 0.4) is 0 Å². The highest BCUT2D eigenvalue weighted by Crippen LogP contribution is 2.14. The Morgan fingerprint density at radius 1 is 1.00 bits per heavy atom. The lowest BCUT2D eigenvalue weighted by Crippen LogP contribution is -2.48. The highest BCUT2D eigenvalue weighted by atomic mass is 32.1. The summed E-state index contributed by atoms with van der Waals surface area (Å²) in [5, 5.41) is 4.31. The summed E-state index contributed by atoms with van der Waals surface area (Å²) in [6.45, 7) is 5.20. The number of benzene rings is 1. The second-order valence-corrected chi connectivity index (χ2v) is 7.41. The van der Waals surface area contributed by atoms with E-state index >= 15 is 0 Å². The van der Waals surface area contributed by atoms with Gasteiger partial charge >= 0.3 is 0 Å². The van der Waals surface area contributed by atoms with Crippen LogP contribution >= 0.6 is 11.3 Å². The molecule has 0 atom stereocenters. The molecule has 1 aliphatic heterocycles. The van der Waals surface area contributed by atoms with Gasteiger partial charge in [0.15, 0.2) is 0 Å². The van der Waals surface area contributed by atoms with Gasteiger partial charge in [-0.3, -0.25) is 9.69 Å². The quantitative estimate of drug-likeness (QED) is 0.697. The van der Waals surface area contributed by atoms with E-state index in [1.54, 1.807) is 23.9 Å². The van der Waals surface area contributed by atoms with E-state index in [1.165, 1.54) is 11.1 Å². The smallest absolute Gasteiger partial charge is 0.253 e. The molecule has 134 valence electrons. The van der Waals surface area contributed by atoms with Crippen molar-refractivity contribution in [3.05, 3.63) is 76.5 Å². The van der Waals surface area contributed by atoms with E-state index in [4.69, 9.17) is 0 Å². The Bertz CT molecular complexity index is 819. The van der Waals surface area contributed by atoms with Crippen molar-refractivity contribution >= 4 is 17.2 Å². The lowest BCUT2D eigenvalue weighted by molar-refractivity contribution is 0.0628. The zero-order valence-electron chi connectivity index (χ0n) is 14.6. The van der Waals surface area contributed by atoms with Crippen LogP contribution in [0.15, 0.2) is 59.8 Å². The molecule has 0 unspecified atom stereocenters. The van der Waals surface area contributed by atoms with Gasteiger partial charge in [-0.05, 0) is 40.1 Å². The zero-order valence-corrected chi connectivity index (χ0v) is 15.4. The van der Waals surface area contributed by atoms with Gasteiger partial charge in [-0.25, -0.2) is 4.98 Å². The number of rotatable bonds is 5. The summed E-state index contributed by atoms with van der Waals surface area (Å²) < 4.78 is 2.02. The van der Waals surface area contributed by atoms with Crippen molar-refractivity contribution < 1.29 is 4.79 Å². The largest absolute Gasteiger partial charge is 0.336 e. The monoisotopic (exact) mass is 366 g/mol. The third-order valence-corrected chi connectivity index (χ3v) is 5.50. The third-order valence-electron chi connectivity index (χ3n) is 4.77. The highest BCUT2D eigenvalue weighted by molar-refractivity contribution is 7.07. The first kappa shape index (κ1) is 17.0. The van der Waals surface area contributed by atoms with Crippen molar-refractivity contribution in [2.24, 2.45) is 0 Å². The SMILES string of the molecule is O=C(c1ccc(Cn2ccnc2)cc1)N1CCN(Cc2ccsc2)CC1. The first-order valence-corrected chi connectivity index (χ1v) is 9.79. The molecule has 5 nitrogen and oxygen atoms in total. The number of carbonyl (C=O) groups excluding carboxylic acids is 1. The average molecular weight is 366 g/mol. The predicted octanol–water partition coefficient (Wildman–Crippen LogP) is 2.95. The zero-order chi connectivity index (χ0) is 17.8. The number of aromatic nitrogens is 2. The van der Waals surface area contributed by atoms with Gasteiger partial charge in [0.05, 0.1) is 6.33 Å². The van der Waals surface area contributed by atoms with E-state index in [0.717, 1.165) is 44.8 Å². The highest BCUT2D eigenvalue weighted by Gasteiger charge is 2.22. The lowest BCUT2D eigenvalue weighted by Gasteiger charge is -2.34. The maximum atomic E-state index is 12.7. The fourth-order valence-corrected chi connectivity index (χ4v) is 3.94. The van der Waals surface area contributed by atoms with Gasteiger partial charge < -0.3 is 9.47 Å². The van der Waals surface area contributed by atoms with Crippen LogP contribution in [0, 0.1) is 0 Å². The Balaban J connectivity index is 1.31. The maximum absolute atomic E-state index is 12.7. The summed E-state index contributed by atoms with van der Waals surface area (Å²) in [6.07, 6.45) is 5.51. The number of nitrogens with zero attached hydrogens (tertiary/aromatic N) is 4. The second-order valence-electron chi connectivity index (χ2n) is 6.63. The lowest BCUT2D eigenvalue weighted by atomic mass is 10.1. The van der Waals surface area contributed by atoms with Crippen LogP contribution in [0.4, 0.5) is 0 Å². The second kappa shape index (κ2) is 7.85. The van der Waals surface area contributed by atoms with Crippen LogP contribution in [0.2, 0.25) is 0 Å². The van der Waals surface area contributed by atoms with Crippen molar-refractivity contribution in [1.29, 1.82) is 0 Å². The standard InChI is InChI=1S/C20H22N4OS/c25-20(19-3-1-17(2-4-19)13-23-7-6-21-16-23)24-10-8-22(9-11-24)14-18-5-12-26-15-18/h1-7,12,15-16H,8-11,13-14H2. The van der Waals surface area contributed by atoms with Gasteiger partial charge in [-0.2, -0.15) is 11.3 Å². The molecule has 1 aliphatic rings. The molecule has 1 fully saturated rings. The number of hydrogen-bond acceptors (Lipinski definition) is 4. The van der Waals surface area contributed by atoms with Crippen molar-refractivity contribution in [3.8, 4) is 0 Å². The third kappa shape index (κ3) is 4.03. The predicted molar refractivity (Wildman–Crippen MR) is 103 cm³/mol. The summed E-state index contributed by atoms with van der Waals surface area (Å²) in [4.78, 5) is 21.2. The molecule has 0 radical (unpaired) electrons. The van der Waals surface area contributed by atoms with Crippen LogP contribution in [-0.4, -0.2) is 51.4 Å². The molecule has 4 rings (SSSR count). The number of carbonyl (C=O) groups is 1. The summed E-state index contributed by atoms with van der Waals surface area (Å²) in [7, 11) is 0. The Morgan fingerprint density at radius 2 is 1.81 bits per heavy atom. The first-order valence-electron chi connectivity index (χ1n) is 8.85. The Kier molecular flexibility index (Phi) is 5.13. The van der Waals surface area contributed by atoms with Gasteiger partial charge in [0.25, 0.3) is 5.91 Å². The number of hydrogen-bond donors (Lipinski definition) is 0. The number of thiophene rings is 1. The van der Waals surface area contributed by atoms with Crippen LogP contribution < -0.4 is 0 Å². The van der Waals surface area contributed by atoms with E-state index in [2.05, 4.69) is 26.7 Å². The maximum Gasteiger partial charge on any atom is 0.253 e. The molecule has 0 spiro atoms. The number of amides is 1. The molecule has 1 saturated heterocycles. The van der Waals surface area contributed by atoms with Crippen molar-refractivity contribution in [1.82, 2.24) is 19.4 Å². The van der Waals surface area contributed by atoms with Crippen molar-refractivity contribution in [3.63, 3.8) is 0 Å². The molecule has 1 amide bonds. The van der Waals surface area contributed by atoms with Crippen LogP contribution in [-0.2, 0) is 13.1 Å². The van der Waals surface area contributed by atoms with Gasteiger partial charge in [0.2, 0.25) is 0 Å². The Hall–Kier alpha value is -2.44. The average Bonchev–Trinajstić information content (AvgIpc) is 3.37.